The SMILES string of the molecule is Cc1ccc(S(=O)(=O)N2CCC(C(C)Br)CC2)s1. The maximum absolute atomic E-state index is 12.4. The number of rotatable bonds is 3. The van der Waals surface area contributed by atoms with Gasteiger partial charge in [0, 0.05) is 22.8 Å². The van der Waals surface area contributed by atoms with Crippen LogP contribution in [0.4, 0.5) is 0 Å². The molecule has 0 bridgehead atoms. The third-order valence-electron chi connectivity index (χ3n) is 3.46. The van der Waals surface area contributed by atoms with E-state index in [9.17, 15) is 8.42 Å². The van der Waals surface area contributed by atoms with Gasteiger partial charge in [-0.3, -0.25) is 0 Å². The third kappa shape index (κ3) is 2.98. The fourth-order valence-electron chi connectivity index (χ4n) is 2.25. The van der Waals surface area contributed by atoms with Gasteiger partial charge in [0.25, 0.3) is 10.0 Å². The Hall–Kier alpha value is 0.0900. The van der Waals surface area contributed by atoms with Crippen molar-refractivity contribution in [1.29, 1.82) is 0 Å². The maximum Gasteiger partial charge on any atom is 0.252 e. The fourth-order valence-corrected chi connectivity index (χ4v) is 5.69. The summed E-state index contributed by atoms with van der Waals surface area (Å²) in [5, 5.41) is 0. The molecule has 0 aromatic carbocycles. The number of aryl methyl sites for hydroxylation is 1. The number of sulfonamides is 1. The first-order chi connectivity index (χ1) is 8.41. The Morgan fingerprint density at radius 3 is 2.44 bits per heavy atom. The molecular formula is C12H18BrNO2S2. The van der Waals surface area contributed by atoms with Gasteiger partial charge in [0.15, 0.2) is 0 Å². The van der Waals surface area contributed by atoms with Crippen molar-refractivity contribution in [2.75, 3.05) is 13.1 Å². The highest BCUT2D eigenvalue weighted by Crippen LogP contribution is 2.30. The second kappa shape index (κ2) is 5.61. The van der Waals surface area contributed by atoms with Crippen LogP contribution in [0.5, 0.6) is 0 Å². The molecule has 6 heteroatoms. The van der Waals surface area contributed by atoms with E-state index >= 15 is 0 Å². The van der Waals surface area contributed by atoms with E-state index < -0.39 is 10.0 Å². The number of hydrogen-bond acceptors (Lipinski definition) is 3. The first-order valence-corrected chi connectivity index (χ1v) is 9.29. The Bertz CT molecular complexity index is 502. The quantitative estimate of drug-likeness (QED) is 0.784. The van der Waals surface area contributed by atoms with Crippen LogP contribution in [0.25, 0.3) is 0 Å². The van der Waals surface area contributed by atoms with Gasteiger partial charge in [0.05, 0.1) is 0 Å². The van der Waals surface area contributed by atoms with E-state index in [1.165, 1.54) is 11.3 Å². The van der Waals surface area contributed by atoms with Gasteiger partial charge < -0.3 is 0 Å². The number of halogens is 1. The van der Waals surface area contributed by atoms with E-state index in [-0.39, 0.29) is 0 Å². The summed E-state index contributed by atoms with van der Waals surface area (Å²) in [7, 11) is -3.25. The van der Waals surface area contributed by atoms with E-state index in [4.69, 9.17) is 0 Å². The number of hydrogen-bond donors (Lipinski definition) is 0. The lowest BCUT2D eigenvalue weighted by Crippen LogP contribution is -2.39. The smallest absolute Gasteiger partial charge is 0.206 e. The molecule has 1 unspecified atom stereocenters. The molecule has 0 saturated carbocycles. The standard InChI is InChI=1S/C12H18BrNO2S2/c1-9-3-4-12(17-9)18(15,16)14-7-5-11(6-8-14)10(2)13/h3-4,10-11H,5-8H2,1-2H3. The van der Waals surface area contributed by atoms with Gasteiger partial charge in [0.2, 0.25) is 0 Å². The summed E-state index contributed by atoms with van der Waals surface area (Å²) in [5.41, 5.74) is 0. The van der Waals surface area contributed by atoms with Gasteiger partial charge in [0.1, 0.15) is 4.21 Å². The molecule has 2 rings (SSSR count). The van der Waals surface area contributed by atoms with Crippen LogP contribution in [0.15, 0.2) is 16.3 Å². The molecule has 1 aromatic heterocycles. The molecule has 0 spiro atoms. The van der Waals surface area contributed by atoms with Crippen LogP contribution in [0.3, 0.4) is 0 Å². The minimum Gasteiger partial charge on any atom is -0.206 e. The topological polar surface area (TPSA) is 37.4 Å². The highest BCUT2D eigenvalue weighted by Gasteiger charge is 2.31. The highest BCUT2D eigenvalue weighted by molar-refractivity contribution is 9.09. The van der Waals surface area contributed by atoms with Gasteiger partial charge in [-0.1, -0.05) is 22.9 Å². The van der Waals surface area contributed by atoms with Crippen LogP contribution >= 0.6 is 27.3 Å². The van der Waals surface area contributed by atoms with E-state index in [2.05, 4.69) is 22.9 Å². The number of thiophene rings is 1. The maximum atomic E-state index is 12.4. The lowest BCUT2D eigenvalue weighted by atomic mass is 9.96. The van der Waals surface area contributed by atoms with Crippen LogP contribution in [-0.2, 0) is 10.0 Å². The molecule has 0 amide bonds. The molecule has 18 heavy (non-hydrogen) atoms. The number of alkyl halides is 1. The van der Waals surface area contributed by atoms with Crippen molar-refractivity contribution in [1.82, 2.24) is 4.31 Å². The molecule has 1 atom stereocenters. The Morgan fingerprint density at radius 1 is 1.39 bits per heavy atom. The molecule has 0 radical (unpaired) electrons. The van der Waals surface area contributed by atoms with Crippen molar-refractivity contribution in [2.24, 2.45) is 5.92 Å². The third-order valence-corrected chi connectivity index (χ3v) is 7.57. The first-order valence-electron chi connectivity index (χ1n) is 6.12. The number of piperidine rings is 1. The largest absolute Gasteiger partial charge is 0.252 e. The second-order valence-corrected chi connectivity index (χ2v) is 9.68. The summed E-state index contributed by atoms with van der Waals surface area (Å²) < 4.78 is 26.9. The van der Waals surface area contributed by atoms with Crippen LogP contribution in [0, 0.1) is 12.8 Å². The van der Waals surface area contributed by atoms with Gasteiger partial charge in [-0.2, -0.15) is 4.31 Å². The Labute approximate surface area is 121 Å². The predicted molar refractivity (Wildman–Crippen MR) is 78.9 cm³/mol. The molecule has 1 fully saturated rings. The number of nitrogens with zero attached hydrogens (tertiary/aromatic N) is 1. The zero-order valence-electron chi connectivity index (χ0n) is 10.6. The molecule has 1 saturated heterocycles. The van der Waals surface area contributed by atoms with Crippen LogP contribution in [-0.4, -0.2) is 30.6 Å². The minimum absolute atomic E-state index is 0.464. The van der Waals surface area contributed by atoms with Gasteiger partial charge in [-0.25, -0.2) is 8.42 Å². The Balaban J connectivity index is 2.09. The van der Waals surface area contributed by atoms with E-state index in [0.717, 1.165) is 17.7 Å². The Kier molecular flexibility index (Phi) is 4.52. The molecule has 1 aliphatic rings. The van der Waals surface area contributed by atoms with Crippen molar-refractivity contribution in [3.8, 4) is 0 Å². The molecule has 0 N–H and O–H groups in total. The van der Waals surface area contributed by atoms with Crippen molar-refractivity contribution in [2.45, 2.75) is 35.7 Å². The zero-order chi connectivity index (χ0) is 13.3. The van der Waals surface area contributed by atoms with Gasteiger partial charge in [-0.05, 0) is 37.8 Å². The first kappa shape index (κ1) is 14.5. The summed E-state index contributed by atoms with van der Waals surface area (Å²) in [6.07, 6.45) is 1.88. The second-order valence-electron chi connectivity index (χ2n) is 4.78. The predicted octanol–water partition coefficient (Wildman–Crippen LogP) is 3.24. The summed E-state index contributed by atoms with van der Waals surface area (Å²) in [6, 6.07) is 3.58. The van der Waals surface area contributed by atoms with Crippen LogP contribution in [0.1, 0.15) is 24.6 Å². The average molecular weight is 352 g/mol. The van der Waals surface area contributed by atoms with E-state index in [0.29, 0.717) is 28.0 Å². The van der Waals surface area contributed by atoms with Crippen molar-refractivity contribution < 1.29 is 8.42 Å². The van der Waals surface area contributed by atoms with E-state index in [1.807, 2.05) is 13.0 Å². The molecular weight excluding hydrogens is 334 g/mol. The normalized spacial score (nSPS) is 21.1. The molecule has 1 aliphatic heterocycles. The fraction of sp³-hybridized carbons (Fsp3) is 0.667. The van der Waals surface area contributed by atoms with Crippen molar-refractivity contribution >= 4 is 37.3 Å². The van der Waals surface area contributed by atoms with Crippen LogP contribution in [0.2, 0.25) is 0 Å². The van der Waals surface area contributed by atoms with Gasteiger partial charge in [-0.15, -0.1) is 11.3 Å². The van der Waals surface area contributed by atoms with Crippen molar-refractivity contribution in [3.05, 3.63) is 17.0 Å². The lowest BCUT2D eigenvalue weighted by Gasteiger charge is -2.32. The Morgan fingerprint density at radius 2 is 2.00 bits per heavy atom. The molecule has 2 heterocycles. The summed E-state index contributed by atoms with van der Waals surface area (Å²) >= 11 is 4.95. The van der Waals surface area contributed by atoms with Crippen molar-refractivity contribution in [3.63, 3.8) is 0 Å². The van der Waals surface area contributed by atoms with Gasteiger partial charge >= 0.3 is 0 Å². The summed E-state index contributed by atoms with van der Waals surface area (Å²) in [4.78, 5) is 1.50. The minimum atomic E-state index is -3.25. The molecule has 3 nitrogen and oxygen atoms in total. The summed E-state index contributed by atoms with van der Waals surface area (Å²) in [5.74, 6) is 0.585. The molecule has 102 valence electrons. The zero-order valence-corrected chi connectivity index (χ0v) is 13.8. The molecule has 0 aliphatic carbocycles. The monoisotopic (exact) mass is 351 g/mol. The van der Waals surface area contributed by atoms with E-state index in [1.54, 1.807) is 10.4 Å². The van der Waals surface area contributed by atoms with Crippen LogP contribution < -0.4 is 0 Å². The molecule has 1 aromatic rings. The highest BCUT2D eigenvalue weighted by atomic mass is 79.9. The summed E-state index contributed by atoms with van der Waals surface area (Å²) in [6.45, 7) is 5.35. The average Bonchev–Trinajstić information content (AvgIpc) is 2.76. The lowest BCUT2D eigenvalue weighted by molar-refractivity contribution is 0.275.